The summed E-state index contributed by atoms with van der Waals surface area (Å²) < 4.78 is 0. The second-order valence-electron chi connectivity index (χ2n) is 1.05. The summed E-state index contributed by atoms with van der Waals surface area (Å²) in [4.78, 5) is 0. The van der Waals surface area contributed by atoms with E-state index in [4.69, 9.17) is 0 Å². The Morgan fingerprint density at radius 1 is 1.80 bits per heavy atom. The highest BCUT2D eigenvalue weighted by Crippen LogP contribution is 1.81. The molecule has 5 heavy (non-hydrogen) atoms. The minimum absolute atomic E-state index is 1.02. The first-order chi connectivity index (χ1) is 2.27. The molecule has 0 aliphatic rings. The fourth-order valence-electron chi connectivity index (χ4n) is 0. The minimum Gasteiger partial charge on any atom is -0.0853 e. The van der Waals surface area contributed by atoms with Gasteiger partial charge >= 0.3 is 0 Å². The SMILES string of the molecule is [CH2]/C=C(/[CH2])C. The van der Waals surface area contributed by atoms with E-state index in [0.29, 0.717) is 0 Å². The van der Waals surface area contributed by atoms with E-state index in [0.717, 1.165) is 5.57 Å². The van der Waals surface area contributed by atoms with Gasteiger partial charge in [-0.3, -0.25) is 0 Å². The van der Waals surface area contributed by atoms with Gasteiger partial charge in [-0.1, -0.05) is 11.6 Å². The fraction of sp³-hybridized carbons (Fsp3) is 0.200. The molecule has 0 N–H and O–H groups in total. The highest BCUT2D eigenvalue weighted by atomic mass is 13.7. The van der Waals surface area contributed by atoms with Gasteiger partial charge in [-0.25, -0.2) is 0 Å². The van der Waals surface area contributed by atoms with Gasteiger partial charge in [0.15, 0.2) is 0 Å². The zero-order valence-corrected chi connectivity index (χ0v) is 3.49. The van der Waals surface area contributed by atoms with E-state index < -0.39 is 0 Å². The zero-order valence-electron chi connectivity index (χ0n) is 3.49. The molecule has 0 aromatic carbocycles. The summed E-state index contributed by atoms with van der Waals surface area (Å²) in [5.74, 6) is 0. The molecule has 0 atom stereocenters. The molecule has 0 rings (SSSR count). The lowest BCUT2D eigenvalue weighted by atomic mass is 10.3. The predicted octanol–water partition coefficient (Wildman–Crippen LogP) is 1.60. The van der Waals surface area contributed by atoms with Crippen LogP contribution in [0, 0.1) is 13.8 Å². The molecule has 0 saturated heterocycles. The third-order valence-corrected chi connectivity index (χ3v) is 0.348. The van der Waals surface area contributed by atoms with Gasteiger partial charge < -0.3 is 0 Å². The van der Waals surface area contributed by atoms with Crippen LogP contribution in [0.5, 0.6) is 0 Å². The van der Waals surface area contributed by atoms with E-state index in [9.17, 15) is 0 Å². The molecular formula is C5H8. The van der Waals surface area contributed by atoms with Crippen molar-refractivity contribution in [1.29, 1.82) is 0 Å². The molecule has 0 amide bonds. The van der Waals surface area contributed by atoms with Crippen molar-refractivity contribution in [2.45, 2.75) is 6.92 Å². The van der Waals surface area contributed by atoms with Gasteiger partial charge in [0.25, 0.3) is 0 Å². The molecule has 2 radical (unpaired) electrons. The Morgan fingerprint density at radius 3 is 2.00 bits per heavy atom. The van der Waals surface area contributed by atoms with Crippen molar-refractivity contribution < 1.29 is 0 Å². The topological polar surface area (TPSA) is 0 Å². The van der Waals surface area contributed by atoms with Crippen LogP contribution >= 0.6 is 0 Å². The standard InChI is InChI=1S/C5H8/c1-4-5(2)3/h4H,1-2H2,3H3/b5-4-. The number of hydrogen-bond acceptors (Lipinski definition) is 0. The second-order valence-corrected chi connectivity index (χ2v) is 1.05. The Labute approximate surface area is 33.5 Å². The number of allylic oxidation sites excluding steroid dienone is 2. The van der Waals surface area contributed by atoms with Gasteiger partial charge in [-0.05, 0) is 20.8 Å². The van der Waals surface area contributed by atoms with E-state index in [1.54, 1.807) is 6.08 Å². The molecule has 0 bridgehead atoms. The summed E-state index contributed by atoms with van der Waals surface area (Å²) in [5, 5.41) is 0. The zero-order chi connectivity index (χ0) is 4.28. The summed E-state index contributed by atoms with van der Waals surface area (Å²) in [5.41, 5.74) is 1.02. The monoisotopic (exact) mass is 68.1 g/mol. The van der Waals surface area contributed by atoms with Crippen LogP contribution in [0.2, 0.25) is 0 Å². The molecule has 0 heteroatoms. The Hall–Kier alpha value is -0.260. The lowest BCUT2D eigenvalue weighted by molar-refractivity contribution is 1.54. The molecule has 0 saturated carbocycles. The molecule has 0 unspecified atom stereocenters. The summed E-state index contributed by atoms with van der Waals surface area (Å²) >= 11 is 0. The van der Waals surface area contributed by atoms with Crippen LogP contribution in [0.25, 0.3) is 0 Å². The molecule has 0 aromatic heterocycles. The maximum Gasteiger partial charge on any atom is -0.0286 e. The summed E-state index contributed by atoms with van der Waals surface area (Å²) in [7, 11) is 0. The smallest absolute Gasteiger partial charge is 0.0286 e. The maximum absolute atomic E-state index is 3.56. The van der Waals surface area contributed by atoms with Crippen molar-refractivity contribution in [2.75, 3.05) is 0 Å². The van der Waals surface area contributed by atoms with Crippen LogP contribution in [0.3, 0.4) is 0 Å². The van der Waals surface area contributed by atoms with Crippen molar-refractivity contribution in [2.24, 2.45) is 0 Å². The summed E-state index contributed by atoms with van der Waals surface area (Å²) in [6, 6.07) is 0. The lowest BCUT2D eigenvalue weighted by Crippen LogP contribution is -1.53. The Balaban J connectivity index is 3.14. The highest BCUT2D eigenvalue weighted by molar-refractivity contribution is 5.01. The minimum atomic E-state index is 1.02. The van der Waals surface area contributed by atoms with Crippen molar-refractivity contribution in [3.63, 3.8) is 0 Å². The Kier molecular flexibility index (Phi) is 1.90. The van der Waals surface area contributed by atoms with Gasteiger partial charge in [0, 0.05) is 0 Å². The van der Waals surface area contributed by atoms with E-state index in [1.165, 1.54) is 0 Å². The van der Waals surface area contributed by atoms with Crippen molar-refractivity contribution >= 4 is 0 Å². The van der Waals surface area contributed by atoms with Gasteiger partial charge in [0.2, 0.25) is 0 Å². The second kappa shape index (κ2) is 2.01. The molecular weight excluding hydrogens is 60.1 g/mol. The quantitative estimate of drug-likeness (QED) is 0.404. The van der Waals surface area contributed by atoms with Crippen LogP contribution < -0.4 is 0 Å². The van der Waals surface area contributed by atoms with Gasteiger partial charge in [-0.15, -0.1) is 0 Å². The van der Waals surface area contributed by atoms with Crippen LogP contribution in [0.15, 0.2) is 11.6 Å². The normalized spacial score (nSPS) is 12.2. The van der Waals surface area contributed by atoms with E-state index in [1.807, 2.05) is 6.92 Å². The third kappa shape index (κ3) is 3.74. The number of rotatable bonds is 0. The molecule has 0 nitrogen and oxygen atoms in total. The first kappa shape index (κ1) is 4.74. The highest BCUT2D eigenvalue weighted by Gasteiger charge is 1.61. The summed E-state index contributed by atoms with van der Waals surface area (Å²) in [6.07, 6.45) is 1.72. The Bertz CT molecular complexity index is 38.0. The predicted molar refractivity (Wildman–Crippen MR) is 24.5 cm³/mol. The van der Waals surface area contributed by atoms with Gasteiger partial charge in [-0.2, -0.15) is 0 Å². The first-order valence-electron chi connectivity index (χ1n) is 1.55. The fourth-order valence-corrected chi connectivity index (χ4v) is 0. The average Bonchev–Trinajstić information content (AvgIpc) is 1.38. The Morgan fingerprint density at radius 2 is 2.00 bits per heavy atom. The van der Waals surface area contributed by atoms with Gasteiger partial charge in [0.1, 0.15) is 0 Å². The van der Waals surface area contributed by atoms with Gasteiger partial charge in [0.05, 0.1) is 0 Å². The van der Waals surface area contributed by atoms with Crippen LogP contribution in [-0.2, 0) is 0 Å². The van der Waals surface area contributed by atoms with E-state index in [-0.39, 0.29) is 0 Å². The summed E-state index contributed by atoms with van der Waals surface area (Å²) in [6.45, 7) is 8.93. The molecule has 0 spiro atoms. The molecule has 28 valence electrons. The molecule has 0 aromatic rings. The van der Waals surface area contributed by atoms with E-state index >= 15 is 0 Å². The third-order valence-electron chi connectivity index (χ3n) is 0.348. The molecule has 0 heterocycles. The van der Waals surface area contributed by atoms with E-state index in [2.05, 4.69) is 13.8 Å². The van der Waals surface area contributed by atoms with Crippen molar-refractivity contribution in [3.05, 3.63) is 25.5 Å². The van der Waals surface area contributed by atoms with Crippen LogP contribution in [0.4, 0.5) is 0 Å². The molecule has 0 fully saturated rings. The molecule has 0 aliphatic carbocycles. The number of hydrogen-bond donors (Lipinski definition) is 0. The van der Waals surface area contributed by atoms with Crippen LogP contribution in [-0.4, -0.2) is 0 Å². The van der Waals surface area contributed by atoms with Crippen molar-refractivity contribution in [1.82, 2.24) is 0 Å². The van der Waals surface area contributed by atoms with Crippen molar-refractivity contribution in [3.8, 4) is 0 Å². The average molecular weight is 68.1 g/mol. The van der Waals surface area contributed by atoms with Crippen LogP contribution in [0.1, 0.15) is 6.92 Å². The largest absolute Gasteiger partial charge is 0.0853 e. The molecule has 0 aliphatic heterocycles. The lowest BCUT2D eigenvalue weighted by Gasteiger charge is -1.73. The first-order valence-corrected chi connectivity index (χ1v) is 1.55. The maximum atomic E-state index is 3.56.